The van der Waals surface area contributed by atoms with Gasteiger partial charge in [-0.3, -0.25) is 15.0 Å². The van der Waals surface area contributed by atoms with Gasteiger partial charge in [-0.15, -0.1) is 0 Å². The number of ether oxygens (including phenoxy) is 1. The maximum absolute atomic E-state index is 12.3. The fourth-order valence-electron chi connectivity index (χ4n) is 2.35. The van der Waals surface area contributed by atoms with Crippen molar-refractivity contribution < 1.29 is 14.5 Å². The van der Waals surface area contributed by atoms with Crippen LogP contribution in [0.5, 0.6) is 0 Å². The number of carbonyl (C=O) groups excluding carboxylic acids is 1. The first-order valence-corrected chi connectivity index (χ1v) is 7.94. The number of likely N-dealkylation sites (tertiary alicyclic amines) is 1. The van der Waals surface area contributed by atoms with E-state index in [0.717, 1.165) is 0 Å². The summed E-state index contributed by atoms with van der Waals surface area (Å²) in [6.45, 7) is 0.550. The second-order valence-electron chi connectivity index (χ2n) is 5.70. The van der Waals surface area contributed by atoms with Gasteiger partial charge < -0.3 is 9.75 Å². The third-order valence-corrected chi connectivity index (χ3v) is 3.91. The molecule has 1 saturated heterocycles. The number of non-ortho nitro benzene ring substituents is 1. The largest absolute Gasteiger partial charge is 0.445 e. The first-order valence-electron chi connectivity index (χ1n) is 7.43. The Kier molecular flexibility index (Phi) is 6.02. The molecule has 0 spiro atoms. The third kappa shape index (κ3) is 4.85. The number of hydrogen-bond acceptors (Lipinski definition) is 7. The zero-order valence-electron chi connectivity index (χ0n) is 13.5. The highest BCUT2D eigenvalue weighted by molar-refractivity contribution is 7.81. The van der Waals surface area contributed by atoms with Gasteiger partial charge in [-0.1, -0.05) is 0 Å². The number of amides is 1. The van der Waals surface area contributed by atoms with E-state index in [9.17, 15) is 14.9 Å². The van der Waals surface area contributed by atoms with Gasteiger partial charge in [-0.2, -0.15) is 17.7 Å². The van der Waals surface area contributed by atoms with E-state index < -0.39 is 11.0 Å². The smallest absolute Gasteiger partial charge is 0.410 e. The van der Waals surface area contributed by atoms with Crippen molar-refractivity contribution in [2.45, 2.75) is 24.3 Å². The first kappa shape index (κ1) is 18.1. The molecule has 1 fully saturated rings. The number of hydrazone groups is 1. The van der Waals surface area contributed by atoms with Crippen LogP contribution in [0.2, 0.25) is 0 Å². The minimum Gasteiger partial charge on any atom is -0.445 e. The van der Waals surface area contributed by atoms with Crippen molar-refractivity contribution in [3.05, 3.63) is 39.9 Å². The molecule has 9 heteroatoms. The van der Waals surface area contributed by atoms with E-state index >= 15 is 0 Å². The van der Waals surface area contributed by atoms with E-state index in [4.69, 9.17) is 4.74 Å². The van der Waals surface area contributed by atoms with Gasteiger partial charge in [0.1, 0.15) is 6.61 Å². The van der Waals surface area contributed by atoms with Crippen LogP contribution in [0.25, 0.3) is 0 Å². The SMILES string of the molecule is CN(C)N=C[C@@H]1C[C@@H](S)CN1C(=O)OCc1ccc([N+](=O)[O-])cc1. The van der Waals surface area contributed by atoms with Crippen LogP contribution in [0.4, 0.5) is 10.5 Å². The van der Waals surface area contributed by atoms with Gasteiger partial charge in [-0.25, -0.2) is 4.79 Å². The van der Waals surface area contributed by atoms with E-state index in [1.165, 1.54) is 12.1 Å². The molecule has 0 N–H and O–H groups in total. The van der Waals surface area contributed by atoms with Crippen LogP contribution >= 0.6 is 12.6 Å². The Morgan fingerprint density at radius 1 is 1.50 bits per heavy atom. The van der Waals surface area contributed by atoms with Gasteiger partial charge in [0.25, 0.3) is 5.69 Å². The molecule has 1 aromatic carbocycles. The predicted octanol–water partition coefficient (Wildman–Crippen LogP) is 2.15. The number of nitrogens with zero attached hydrogens (tertiary/aromatic N) is 4. The van der Waals surface area contributed by atoms with Gasteiger partial charge >= 0.3 is 6.09 Å². The summed E-state index contributed by atoms with van der Waals surface area (Å²) in [5.74, 6) is 0. The predicted molar refractivity (Wildman–Crippen MR) is 93.3 cm³/mol. The zero-order chi connectivity index (χ0) is 17.7. The molecule has 1 aromatic rings. The van der Waals surface area contributed by atoms with Crippen LogP contribution < -0.4 is 0 Å². The van der Waals surface area contributed by atoms with E-state index in [2.05, 4.69) is 17.7 Å². The Morgan fingerprint density at radius 2 is 2.17 bits per heavy atom. The van der Waals surface area contributed by atoms with Crippen molar-refractivity contribution in [3.8, 4) is 0 Å². The minimum atomic E-state index is -0.471. The van der Waals surface area contributed by atoms with Crippen molar-refractivity contribution in [2.75, 3.05) is 20.6 Å². The molecule has 1 aliphatic heterocycles. The van der Waals surface area contributed by atoms with Crippen molar-refractivity contribution in [2.24, 2.45) is 5.10 Å². The highest BCUT2D eigenvalue weighted by Gasteiger charge is 2.33. The maximum Gasteiger partial charge on any atom is 0.410 e. The molecule has 24 heavy (non-hydrogen) atoms. The van der Waals surface area contributed by atoms with Gasteiger partial charge in [0, 0.05) is 44.2 Å². The summed E-state index contributed by atoms with van der Waals surface area (Å²) < 4.78 is 5.31. The van der Waals surface area contributed by atoms with Gasteiger partial charge in [0.2, 0.25) is 0 Å². The number of hydrogen-bond donors (Lipinski definition) is 1. The lowest BCUT2D eigenvalue weighted by Crippen LogP contribution is -2.37. The third-order valence-electron chi connectivity index (χ3n) is 3.54. The molecule has 8 nitrogen and oxygen atoms in total. The van der Waals surface area contributed by atoms with Gasteiger partial charge in [-0.05, 0) is 24.1 Å². The number of benzene rings is 1. The second-order valence-corrected chi connectivity index (χ2v) is 6.43. The molecule has 1 aliphatic rings. The molecule has 0 saturated carbocycles. The highest BCUT2D eigenvalue weighted by Crippen LogP contribution is 2.22. The van der Waals surface area contributed by atoms with Crippen LogP contribution in [0, 0.1) is 10.1 Å². The monoisotopic (exact) mass is 352 g/mol. The standard InChI is InChI=1S/C15H20N4O4S/c1-17(2)16-8-13-7-14(24)9-18(13)15(20)23-10-11-3-5-12(6-4-11)19(21)22/h3-6,8,13-14,24H,7,9-10H2,1-2H3/t13-,14+/m0/s1. The second kappa shape index (κ2) is 8.00. The number of rotatable bonds is 5. The summed E-state index contributed by atoms with van der Waals surface area (Å²) in [5.41, 5.74) is 0.691. The normalized spacial score (nSPS) is 20.4. The Labute approximate surface area is 145 Å². The van der Waals surface area contributed by atoms with Crippen LogP contribution in [-0.4, -0.2) is 59.1 Å². The summed E-state index contributed by atoms with van der Waals surface area (Å²) in [6, 6.07) is 5.76. The molecule has 0 bridgehead atoms. The molecule has 0 unspecified atom stereocenters. The Balaban J connectivity index is 1.94. The molecular weight excluding hydrogens is 332 g/mol. The van der Waals surface area contributed by atoms with E-state index in [-0.39, 0.29) is 23.6 Å². The molecule has 2 rings (SSSR count). The number of nitro groups is 1. The van der Waals surface area contributed by atoms with E-state index in [0.29, 0.717) is 18.5 Å². The van der Waals surface area contributed by atoms with Crippen LogP contribution in [0.15, 0.2) is 29.4 Å². The molecule has 0 radical (unpaired) electrons. The Bertz CT molecular complexity index is 620. The summed E-state index contributed by atoms with van der Waals surface area (Å²) in [5, 5.41) is 16.5. The quantitative estimate of drug-likeness (QED) is 0.380. The average Bonchev–Trinajstić information content (AvgIpc) is 2.92. The van der Waals surface area contributed by atoms with Crippen molar-refractivity contribution >= 4 is 30.6 Å². The molecule has 0 aliphatic carbocycles. The lowest BCUT2D eigenvalue weighted by Gasteiger charge is -2.21. The Hall–Kier alpha value is -2.29. The van der Waals surface area contributed by atoms with Crippen LogP contribution in [-0.2, 0) is 11.3 Å². The first-order chi connectivity index (χ1) is 11.4. The topological polar surface area (TPSA) is 88.3 Å². The van der Waals surface area contributed by atoms with Crippen LogP contribution in [0.1, 0.15) is 12.0 Å². The zero-order valence-corrected chi connectivity index (χ0v) is 14.4. The van der Waals surface area contributed by atoms with Gasteiger partial charge in [0.15, 0.2) is 0 Å². The van der Waals surface area contributed by atoms with Gasteiger partial charge in [0.05, 0.1) is 11.0 Å². The lowest BCUT2D eigenvalue weighted by molar-refractivity contribution is -0.384. The highest BCUT2D eigenvalue weighted by atomic mass is 32.1. The number of thiol groups is 1. The van der Waals surface area contributed by atoms with E-state index in [1.807, 2.05) is 0 Å². The fraction of sp³-hybridized carbons (Fsp3) is 0.467. The summed E-state index contributed by atoms with van der Waals surface area (Å²) in [7, 11) is 3.61. The van der Waals surface area contributed by atoms with Crippen molar-refractivity contribution in [1.82, 2.24) is 9.91 Å². The fourth-order valence-corrected chi connectivity index (χ4v) is 2.74. The maximum atomic E-state index is 12.3. The minimum absolute atomic E-state index is 0.00231. The molecule has 1 heterocycles. The molecule has 0 aromatic heterocycles. The molecular formula is C15H20N4O4S. The number of carbonyl (C=O) groups is 1. The van der Waals surface area contributed by atoms with Crippen molar-refractivity contribution in [3.63, 3.8) is 0 Å². The average molecular weight is 352 g/mol. The Morgan fingerprint density at radius 3 is 2.75 bits per heavy atom. The number of nitro benzene ring substituents is 1. The molecule has 1 amide bonds. The van der Waals surface area contributed by atoms with Crippen molar-refractivity contribution in [1.29, 1.82) is 0 Å². The summed E-state index contributed by atoms with van der Waals surface area (Å²) in [6.07, 6.45) is 1.98. The summed E-state index contributed by atoms with van der Waals surface area (Å²) in [4.78, 5) is 24.0. The van der Waals surface area contributed by atoms with Crippen LogP contribution in [0.3, 0.4) is 0 Å². The van der Waals surface area contributed by atoms with E-state index in [1.54, 1.807) is 42.4 Å². The lowest BCUT2D eigenvalue weighted by atomic mass is 10.2. The molecule has 130 valence electrons. The summed E-state index contributed by atoms with van der Waals surface area (Å²) >= 11 is 4.43. The molecule has 2 atom stereocenters.